The normalized spacial score (nSPS) is 15.2. The van der Waals surface area contributed by atoms with E-state index in [9.17, 15) is 4.79 Å². The summed E-state index contributed by atoms with van der Waals surface area (Å²) in [6, 6.07) is 5.53. The van der Waals surface area contributed by atoms with Crippen molar-refractivity contribution in [3.8, 4) is 16.9 Å². The number of hydrogen-bond acceptors (Lipinski definition) is 8. The van der Waals surface area contributed by atoms with Crippen LogP contribution < -0.4 is 21.1 Å². The second kappa shape index (κ2) is 10.9. The average Bonchev–Trinajstić information content (AvgIpc) is 3.14. The number of ether oxygens (including phenoxy) is 2. The zero-order chi connectivity index (χ0) is 26.7. The van der Waals surface area contributed by atoms with Gasteiger partial charge in [-0.05, 0) is 71.4 Å². The summed E-state index contributed by atoms with van der Waals surface area (Å²) in [4.78, 5) is 18.7. The quantitative estimate of drug-likeness (QED) is 0.438. The van der Waals surface area contributed by atoms with Gasteiger partial charge in [-0.15, -0.1) is 0 Å². The fourth-order valence-corrected chi connectivity index (χ4v) is 4.70. The van der Waals surface area contributed by atoms with Crippen molar-refractivity contribution in [1.82, 2.24) is 24.8 Å². The topological polar surface area (TPSA) is 119 Å². The Morgan fingerprint density at radius 2 is 2.00 bits per heavy atom. The molecule has 2 aromatic heterocycles. The number of nitrogens with zero attached hydrogens (tertiary/aromatic N) is 4. The minimum Gasteiger partial charge on any atom is -0.495 e. The molecule has 0 saturated carbocycles. The molecular formula is C26H36FN7O3. The van der Waals surface area contributed by atoms with E-state index in [1.807, 2.05) is 7.05 Å². The van der Waals surface area contributed by atoms with E-state index >= 15 is 4.39 Å². The highest BCUT2D eigenvalue weighted by Crippen LogP contribution is 2.38. The molecule has 1 aromatic carbocycles. The molecule has 0 radical (unpaired) electrons. The molecule has 3 aromatic rings. The van der Waals surface area contributed by atoms with Crippen LogP contribution in [0.5, 0.6) is 5.75 Å². The van der Waals surface area contributed by atoms with Crippen LogP contribution in [-0.2, 0) is 11.2 Å². The Balaban J connectivity index is 1.65. The third-order valence-electron chi connectivity index (χ3n) is 6.57. The first-order chi connectivity index (χ1) is 17.6. The highest BCUT2D eigenvalue weighted by Gasteiger charge is 2.26. The number of anilines is 2. The molecule has 4 N–H and O–H groups in total. The molecule has 0 spiro atoms. The molecule has 37 heavy (non-hydrogen) atoms. The number of piperidine rings is 1. The van der Waals surface area contributed by atoms with E-state index < -0.39 is 17.5 Å². The number of carbonyl (C=O) groups excluding carboxylic acids is 1. The molecule has 10 nitrogen and oxygen atoms in total. The van der Waals surface area contributed by atoms with Crippen LogP contribution in [-0.4, -0.2) is 71.0 Å². The monoisotopic (exact) mass is 513 g/mol. The van der Waals surface area contributed by atoms with Crippen LogP contribution in [0.4, 0.5) is 20.7 Å². The lowest BCUT2D eigenvalue weighted by Crippen LogP contribution is -2.41. The molecule has 3 heterocycles. The van der Waals surface area contributed by atoms with Gasteiger partial charge in [-0.2, -0.15) is 5.10 Å². The molecule has 1 amide bonds. The molecule has 1 fully saturated rings. The molecule has 1 aliphatic rings. The summed E-state index contributed by atoms with van der Waals surface area (Å²) in [7, 11) is 3.47. The Hall–Kier alpha value is -3.44. The van der Waals surface area contributed by atoms with E-state index in [4.69, 9.17) is 15.2 Å². The van der Waals surface area contributed by atoms with Crippen LogP contribution in [0.2, 0.25) is 0 Å². The number of amides is 1. The number of methoxy groups -OCH3 is 1. The molecule has 11 heteroatoms. The van der Waals surface area contributed by atoms with E-state index in [0.29, 0.717) is 52.8 Å². The Morgan fingerprint density at radius 3 is 2.65 bits per heavy atom. The molecular weight excluding hydrogens is 477 g/mol. The number of aromatic nitrogens is 3. The van der Waals surface area contributed by atoms with Crippen molar-refractivity contribution in [2.45, 2.75) is 51.7 Å². The largest absolute Gasteiger partial charge is 0.495 e. The zero-order valence-electron chi connectivity index (χ0n) is 22.1. The second-order valence-electron chi connectivity index (χ2n) is 10.2. The van der Waals surface area contributed by atoms with E-state index in [0.717, 1.165) is 25.9 Å². The summed E-state index contributed by atoms with van der Waals surface area (Å²) in [5.41, 5.74) is 7.64. The SMILES string of the molecule is CNC1CCN(CCc2c(F)c(-c3ccc(NC(=O)OC(C)(C)C)c(OC)c3)c3c(N)ncnn23)CC1. The number of likely N-dealkylation sites (tertiary alicyclic amines) is 1. The summed E-state index contributed by atoms with van der Waals surface area (Å²) in [5, 5.41) is 10.3. The van der Waals surface area contributed by atoms with Crippen molar-refractivity contribution >= 4 is 23.1 Å². The minimum absolute atomic E-state index is 0.180. The first-order valence-electron chi connectivity index (χ1n) is 12.5. The van der Waals surface area contributed by atoms with E-state index in [2.05, 4.69) is 25.6 Å². The predicted octanol–water partition coefficient (Wildman–Crippen LogP) is 3.70. The maximum Gasteiger partial charge on any atom is 0.412 e. The molecule has 0 aliphatic carbocycles. The maximum absolute atomic E-state index is 16.1. The van der Waals surface area contributed by atoms with Gasteiger partial charge < -0.3 is 25.4 Å². The first kappa shape index (κ1) is 26.6. The van der Waals surface area contributed by atoms with Crippen LogP contribution in [0.25, 0.3) is 16.6 Å². The van der Waals surface area contributed by atoms with Crippen LogP contribution in [0.1, 0.15) is 39.3 Å². The van der Waals surface area contributed by atoms with Gasteiger partial charge in [0.25, 0.3) is 0 Å². The Morgan fingerprint density at radius 1 is 1.27 bits per heavy atom. The van der Waals surface area contributed by atoms with Crippen molar-refractivity contribution in [1.29, 1.82) is 0 Å². The number of fused-ring (bicyclic) bond motifs is 1. The number of halogens is 1. The maximum atomic E-state index is 16.1. The smallest absolute Gasteiger partial charge is 0.412 e. The predicted molar refractivity (Wildman–Crippen MR) is 141 cm³/mol. The van der Waals surface area contributed by atoms with Crippen LogP contribution in [0.3, 0.4) is 0 Å². The number of nitrogens with one attached hydrogen (secondary N) is 2. The molecule has 0 atom stereocenters. The fourth-order valence-electron chi connectivity index (χ4n) is 4.70. The molecule has 1 aliphatic heterocycles. The highest BCUT2D eigenvalue weighted by molar-refractivity contribution is 5.92. The van der Waals surface area contributed by atoms with Crippen LogP contribution in [0, 0.1) is 5.82 Å². The van der Waals surface area contributed by atoms with Crippen molar-refractivity contribution in [3.05, 3.63) is 36.0 Å². The Bertz CT molecular complexity index is 1260. The minimum atomic E-state index is -0.650. The van der Waals surface area contributed by atoms with Gasteiger partial charge >= 0.3 is 6.09 Å². The average molecular weight is 514 g/mol. The van der Waals surface area contributed by atoms with Gasteiger partial charge in [-0.25, -0.2) is 18.7 Å². The highest BCUT2D eigenvalue weighted by atomic mass is 19.1. The van der Waals surface area contributed by atoms with Crippen molar-refractivity contribution in [3.63, 3.8) is 0 Å². The molecule has 200 valence electrons. The lowest BCUT2D eigenvalue weighted by Gasteiger charge is -2.31. The van der Waals surface area contributed by atoms with E-state index in [-0.39, 0.29) is 5.82 Å². The number of rotatable bonds is 7. The third-order valence-corrected chi connectivity index (χ3v) is 6.57. The van der Waals surface area contributed by atoms with Gasteiger partial charge in [-0.3, -0.25) is 5.32 Å². The Labute approximate surface area is 216 Å². The summed E-state index contributed by atoms with van der Waals surface area (Å²) < 4.78 is 28.4. The summed E-state index contributed by atoms with van der Waals surface area (Å²) >= 11 is 0. The lowest BCUT2D eigenvalue weighted by atomic mass is 10.0. The van der Waals surface area contributed by atoms with Gasteiger partial charge in [0.2, 0.25) is 0 Å². The summed E-state index contributed by atoms with van der Waals surface area (Å²) in [6.07, 6.45) is 3.33. The second-order valence-corrected chi connectivity index (χ2v) is 10.2. The molecule has 4 rings (SSSR count). The van der Waals surface area contributed by atoms with Gasteiger partial charge in [0, 0.05) is 24.6 Å². The first-order valence-corrected chi connectivity index (χ1v) is 12.5. The van der Waals surface area contributed by atoms with E-state index in [1.54, 1.807) is 43.5 Å². The van der Waals surface area contributed by atoms with Crippen LogP contribution in [0.15, 0.2) is 24.5 Å². The van der Waals surface area contributed by atoms with Crippen LogP contribution >= 0.6 is 0 Å². The number of benzene rings is 1. The Kier molecular flexibility index (Phi) is 7.84. The summed E-state index contributed by atoms with van der Waals surface area (Å²) in [5.74, 6) is 0.138. The van der Waals surface area contributed by atoms with Gasteiger partial charge in [0.15, 0.2) is 11.6 Å². The van der Waals surface area contributed by atoms with Gasteiger partial charge in [0.05, 0.1) is 18.5 Å². The molecule has 0 unspecified atom stereocenters. The molecule has 1 saturated heterocycles. The number of nitrogens with two attached hydrogens (primary N) is 1. The zero-order valence-corrected chi connectivity index (χ0v) is 22.1. The number of carbonyl (C=O) groups is 1. The van der Waals surface area contributed by atoms with Crippen molar-refractivity contribution in [2.24, 2.45) is 0 Å². The summed E-state index contributed by atoms with van der Waals surface area (Å²) in [6.45, 7) is 7.98. The van der Waals surface area contributed by atoms with E-state index in [1.165, 1.54) is 13.4 Å². The standard InChI is InChI=1S/C26H36FN7O3/c1-26(2,3)37-25(35)32-18-7-6-16(14-20(18)36-5)21-22(27)19(34-23(21)24(28)30-15-31-34)10-13-33-11-8-17(29-4)9-12-33/h6-7,14-15,17,29H,8-13H2,1-5H3,(H,32,35)(H2,28,30,31). The van der Waals surface area contributed by atoms with Gasteiger partial charge in [-0.1, -0.05) is 6.07 Å². The third kappa shape index (κ3) is 5.94. The number of nitrogen functional groups attached to an aromatic ring is 1. The molecule has 0 bridgehead atoms. The lowest BCUT2D eigenvalue weighted by molar-refractivity contribution is 0.0635. The van der Waals surface area contributed by atoms with Crippen molar-refractivity contribution in [2.75, 3.05) is 44.8 Å². The van der Waals surface area contributed by atoms with Gasteiger partial charge in [0.1, 0.15) is 23.2 Å². The fraction of sp³-hybridized carbons (Fsp3) is 0.500. The van der Waals surface area contributed by atoms with Crippen molar-refractivity contribution < 1.29 is 18.7 Å². The number of hydrogen-bond donors (Lipinski definition) is 3.